The standard InChI is InChI=1S/C16H17FN2O2/c17-15-11-13(8-9-18-15)16(21)19-14(7-4-10-20)12-5-2-1-3-6-12/h1-3,5-6,8-9,11,14,20H,4,7,10H2,(H,19,21). The first kappa shape index (κ1) is 15.1. The smallest absolute Gasteiger partial charge is 0.251 e. The molecule has 0 saturated carbocycles. The Balaban J connectivity index is 2.13. The van der Waals surface area contributed by atoms with Gasteiger partial charge in [-0.25, -0.2) is 4.98 Å². The summed E-state index contributed by atoms with van der Waals surface area (Å²) in [5.74, 6) is -1.04. The van der Waals surface area contributed by atoms with Crippen LogP contribution in [-0.4, -0.2) is 22.6 Å². The SMILES string of the molecule is O=C(NC(CCCO)c1ccccc1)c1ccnc(F)c1. The van der Waals surface area contributed by atoms with Crippen LogP contribution in [0.1, 0.15) is 34.8 Å². The number of hydrogen-bond donors (Lipinski definition) is 2. The number of amides is 1. The van der Waals surface area contributed by atoms with E-state index in [1.54, 1.807) is 0 Å². The summed E-state index contributed by atoms with van der Waals surface area (Å²) in [5.41, 5.74) is 1.18. The molecule has 0 saturated heterocycles. The molecule has 0 fully saturated rings. The van der Waals surface area contributed by atoms with Crippen molar-refractivity contribution in [1.29, 1.82) is 0 Å². The number of halogens is 1. The number of aliphatic hydroxyl groups is 1. The fourth-order valence-electron chi connectivity index (χ4n) is 2.09. The Bertz CT molecular complexity index is 590. The molecule has 0 bridgehead atoms. The first-order valence-corrected chi connectivity index (χ1v) is 6.79. The van der Waals surface area contributed by atoms with Gasteiger partial charge in [-0.3, -0.25) is 4.79 Å². The first-order valence-electron chi connectivity index (χ1n) is 6.79. The summed E-state index contributed by atoms with van der Waals surface area (Å²) in [6.45, 7) is 0.0586. The molecule has 5 heteroatoms. The number of hydrogen-bond acceptors (Lipinski definition) is 3. The maximum Gasteiger partial charge on any atom is 0.251 e. The highest BCUT2D eigenvalue weighted by Crippen LogP contribution is 2.18. The number of benzene rings is 1. The number of rotatable bonds is 6. The predicted octanol–water partition coefficient (Wildman–Crippen LogP) is 2.46. The quantitative estimate of drug-likeness (QED) is 0.803. The van der Waals surface area contributed by atoms with Gasteiger partial charge in [0.1, 0.15) is 0 Å². The van der Waals surface area contributed by atoms with Crippen LogP contribution in [0.2, 0.25) is 0 Å². The fraction of sp³-hybridized carbons (Fsp3) is 0.250. The van der Waals surface area contributed by atoms with Gasteiger partial charge in [0.2, 0.25) is 5.95 Å². The molecule has 0 aliphatic heterocycles. The molecule has 0 aliphatic carbocycles. The van der Waals surface area contributed by atoms with E-state index < -0.39 is 5.95 Å². The minimum Gasteiger partial charge on any atom is -0.396 e. The molecule has 1 unspecified atom stereocenters. The maximum absolute atomic E-state index is 13.1. The molecule has 21 heavy (non-hydrogen) atoms. The summed E-state index contributed by atoms with van der Waals surface area (Å²) in [7, 11) is 0. The second kappa shape index (κ2) is 7.50. The Kier molecular flexibility index (Phi) is 5.40. The van der Waals surface area contributed by atoms with Gasteiger partial charge in [0.05, 0.1) is 6.04 Å². The fourth-order valence-corrected chi connectivity index (χ4v) is 2.09. The van der Waals surface area contributed by atoms with Gasteiger partial charge in [-0.1, -0.05) is 30.3 Å². The van der Waals surface area contributed by atoms with Crippen molar-refractivity contribution in [2.45, 2.75) is 18.9 Å². The largest absolute Gasteiger partial charge is 0.396 e. The average Bonchev–Trinajstić information content (AvgIpc) is 2.52. The van der Waals surface area contributed by atoms with E-state index in [4.69, 9.17) is 5.11 Å². The highest BCUT2D eigenvalue weighted by molar-refractivity contribution is 5.94. The van der Waals surface area contributed by atoms with E-state index >= 15 is 0 Å². The molecular formula is C16H17FN2O2. The molecule has 2 aromatic rings. The van der Waals surface area contributed by atoms with Crippen LogP contribution in [0, 0.1) is 5.95 Å². The molecule has 1 atom stereocenters. The third kappa shape index (κ3) is 4.36. The minimum atomic E-state index is -0.686. The van der Waals surface area contributed by atoms with E-state index in [0.717, 1.165) is 11.6 Å². The Hall–Kier alpha value is -2.27. The van der Waals surface area contributed by atoms with E-state index in [0.29, 0.717) is 12.8 Å². The maximum atomic E-state index is 13.1. The van der Waals surface area contributed by atoms with Gasteiger partial charge < -0.3 is 10.4 Å². The predicted molar refractivity (Wildman–Crippen MR) is 77.2 cm³/mol. The van der Waals surface area contributed by atoms with E-state index in [1.165, 1.54) is 12.3 Å². The van der Waals surface area contributed by atoms with Gasteiger partial charge in [-0.05, 0) is 24.5 Å². The van der Waals surface area contributed by atoms with Crippen molar-refractivity contribution in [3.8, 4) is 0 Å². The monoisotopic (exact) mass is 288 g/mol. The number of nitrogens with zero attached hydrogens (tertiary/aromatic N) is 1. The van der Waals surface area contributed by atoms with Gasteiger partial charge in [0.15, 0.2) is 0 Å². The van der Waals surface area contributed by atoms with Gasteiger partial charge in [0, 0.05) is 24.4 Å². The summed E-state index contributed by atoms with van der Waals surface area (Å²) in [6.07, 6.45) is 2.44. The highest BCUT2D eigenvalue weighted by atomic mass is 19.1. The molecule has 1 aromatic carbocycles. The van der Waals surface area contributed by atoms with Crippen molar-refractivity contribution < 1.29 is 14.3 Å². The lowest BCUT2D eigenvalue weighted by Gasteiger charge is -2.19. The molecule has 1 aromatic heterocycles. The molecular weight excluding hydrogens is 271 g/mol. The zero-order chi connectivity index (χ0) is 15.1. The lowest BCUT2D eigenvalue weighted by molar-refractivity contribution is 0.0931. The Morgan fingerprint density at radius 3 is 2.71 bits per heavy atom. The highest BCUT2D eigenvalue weighted by Gasteiger charge is 2.15. The van der Waals surface area contributed by atoms with Crippen LogP contribution in [0.3, 0.4) is 0 Å². The minimum absolute atomic E-state index is 0.0586. The molecule has 110 valence electrons. The molecule has 2 N–H and O–H groups in total. The van der Waals surface area contributed by atoms with Crippen LogP contribution in [0.25, 0.3) is 0 Å². The lowest BCUT2D eigenvalue weighted by Crippen LogP contribution is -2.28. The number of carbonyl (C=O) groups excluding carboxylic acids is 1. The van der Waals surface area contributed by atoms with E-state index in [2.05, 4.69) is 10.3 Å². The van der Waals surface area contributed by atoms with Crippen LogP contribution in [0.4, 0.5) is 4.39 Å². The van der Waals surface area contributed by atoms with Crippen LogP contribution < -0.4 is 5.32 Å². The van der Waals surface area contributed by atoms with Crippen LogP contribution in [-0.2, 0) is 0 Å². The second-order valence-corrected chi connectivity index (χ2v) is 4.67. The third-order valence-corrected chi connectivity index (χ3v) is 3.15. The van der Waals surface area contributed by atoms with Crippen LogP contribution in [0.5, 0.6) is 0 Å². The van der Waals surface area contributed by atoms with Crippen molar-refractivity contribution in [1.82, 2.24) is 10.3 Å². The Morgan fingerprint density at radius 2 is 2.05 bits per heavy atom. The zero-order valence-electron chi connectivity index (χ0n) is 11.5. The second-order valence-electron chi connectivity index (χ2n) is 4.67. The van der Waals surface area contributed by atoms with E-state index in [9.17, 15) is 9.18 Å². The third-order valence-electron chi connectivity index (χ3n) is 3.15. The summed E-state index contributed by atoms with van der Waals surface area (Å²) in [4.78, 5) is 15.6. The Labute approximate surface area is 122 Å². The average molecular weight is 288 g/mol. The number of nitrogens with one attached hydrogen (secondary N) is 1. The van der Waals surface area contributed by atoms with Crippen molar-refractivity contribution in [2.75, 3.05) is 6.61 Å². The van der Waals surface area contributed by atoms with Crippen LogP contribution >= 0.6 is 0 Å². The van der Waals surface area contributed by atoms with Gasteiger partial charge >= 0.3 is 0 Å². The normalized spacial score (nSPS) is 11.9. The van der Waals surface area contributed by atoms with Gasteiger partial charge in [0.25, 0.3) is 5.91 Å². The van der Waals surface area contributed by atoms with Crippen molar-refractivity contribution in [3.63, 3.8) is 0 Å². The summed E-state index contributed by atoms with van der Waals surface area (Å²) >= 11 is 0. The summed E-state index contributed by atoms with van der Waals surface area (Å²) < 4.78 is 13.1. The van der Waals surface area contributed by atoms with Crippen LogP contribution in [0.15, 0.2) is 48.7 Å². The van der Waals surface area contributed by atoms with Gasteiger partial charge in [-0.2, -0.15) is 4.39 Å². The van der Waals surface area contributed by atoms with Crippen molar-refractivity contribution in [2.24, 2.45) is 0 Å². The molecule has 0 aliphatic rings. The molecule has 1 amide bonds. The first-order chi connectivity index (χ1) is 10.2. The molecule has 2 rings (SSSR count). The van der Waals surface area contributed by atoms with E-state index in [-0.39, 0.29) is 24.1 Å². The topological polar surface area (TPSA) is 62.2 Å². The van der Waals surface area contributed by atoms with Gasteiger partial charge in [-0.15, -0.1) is 0 Å². The molecule has 1 heterocycles. The van der Waals surface area contributed by atoms with E-state index in [1.807, 2.05) is 30.3 Å². The Morgan fingerprint density at radius 1 is 1.29 bits per heavy atom. The summed E-state index contributed by atoms with van der Waals surface area (Å²) in [5, 5.41) is 11.8. The molecule has 4 nitrogen and oxygen atoms in total. The van der Waals surface area contributed by atoms with Crippen molar-refractivity contribution in [3.05, 3.63) is 65.7 Å². The number of pyridine rings is 1. The van der Waals surface area contributed by atoms with Crippen molar-refractivity contribution >= 4 is 5.91 Å². The molecule has 0 radical (unpaired) electrons. The molecule has 0 spiro atoms. The summed E-state index contributed by atoms with van der Waals surface area (Å²) in [6, 6.07) is 11.8. The zero-order valence-corrected chi connectivity index (χ0v) is 11.5. The number of aromatic nitrogens is 1. The number of aliphatic hydroxyl groups excluding tert-OH is 1. The number of carbonyl (C=O) groups is 1. The lowest BCUT2D eigenvalue weighted by atomic mass is 10.0.